The lowest BCUT2D eigenvalue weighted by atomic mass is 10.2. The second-order valence-electron chi connectivity index (χ2n) is 7.88. The number of nitrogens with two attached hydrogens (primary N) is 1. The number of rotatable bonds is 10. The number of anilines is 2. The molecule has 1 aliphatic heterocycles. The molecule has 0 amide bonds. The number of unbranched alkanes of at least 4 members (excludes halogenated alkanes) is 1. The molecule has 33 heavy (non-hydrogen) atoms. The molecule has 4 rings (SSSR count). The fourth-order valence-corrected chi connectivity index (χ4v) is 3.51. The zero-order chi connectivity index (χ0) is 23.0. The summed E-state index contributed by atoms with van der Waals surface area (Å²) in [7, 11) is 1.93. The van der Waals surface area contributed by atoms with Crippen molar-refractivity contribution in [3.8, 4) is 17.5 Å². The molecule has 0 fully saturated rings. The first-order chi connectivity index (χ1) is 16.2. The molecule has 0 atom stereocenters. The Hall–Kier alpha value is -3.65. The van der Waals surface area contributed by atoms with Gasteiger partial charge in [0.15, 0.2) is 11.6 Å². The van der Waals surface area contributed by atoms with E-state index < -0.39 is 0 Å². The molecule has 8 heteroatoms. The topological polar surface area (TPSA) is 97.9 Å². The van der Waals surface area contributed by atoms with Gasteiger partial charge in [-0.25, -0.2) is 0 Å². The van der Waals surface area contributed by atoms with Crippen LogP contribution in [0.1, 0.15) is 30.9 Å². The van der Waals surface area contributed by atoms with Gasteiger partial charge in [-0.1, -0.05) is 37.6 Å². The molecule has 8 nitrogen and oxygen atoms in total. The van der Waals surface area contributed by atoms with Crippen molar-refractivity contribution in [1.82, 2.24) is 15.3 Å². The molecule has 1 aromatic heterocycles. The zero-order valence-corrected chi connectivity index (χ0v) is 19.1. The van der Waals surface area contributed by atoms with Crippen LogP contribution in [0.25, 0.3) is 0 Å². The minimum absolute atomic E-state index is 0.297. The van der Waals surface area contributed by atoms with Crippen LogP contribution in [-0.4, -0.2) is 36.4 Å². The standard InChI is InChI=1S/C25H30N6O2/c1-3-4-15-32-25-29-23(26)22-24(30-25)31(14-13-28-22)17-19-7-11-21(12-8-19)33-20-9-5-18(6-10-20)16-27-2/h5-13,27H,3-4,14-17H2,1-2H3,(H2,26,29,30). The number of fused-ring (bicyclic) bond motifs is 1. The summed E-state index contributed by atoms with van der Waals surface area (Å²) in [6.45, 7) is 4.80. The van der Waals surface area contributed by atoms with Crippen molar-refractivity contribution in [2.75, 3.05) is 30.8 Å². The van der Waals surface area contributed by atoms with Gasteiger partial charge >= 0.3 is 6.01 Å². The highest BCUT2D eigenvalue weighted by atomic mass is 16.5. The van der Waals surface area contributed by atoms with Crippen LogP contribution >= 0.6 is 0 Å². The Kier molecular flexibility index (Phi) is 7.36. The van der Waals surface area contributed by atoms with Crippen LogP contribution in [0.15, 0.2) is 53.5 Å². The van der Waals surface area contributed by atoms with Crippen LogP contribution in [0.2, 0.25) is 0 Å². The lowest BCUT2D eigenvalue weighted by Crippen LogP contribution is -2.28. The largest absolute Gasteiger partial charge is 0.463 e. The minimum Gasteiger partial charge on any atom is -0.463 e. The fourth-order valence-electron chi connectivity index (χ4n) is 3.51. The first-order valence-electron chi connectivity index (χ1n) is 11.2. The Morgan fingerprint density at radius 2 is 1.70 bits per heavy atom. The quantitative estimate of drug-likeness (QED) is 0.443. The van der Waals surface area contributed by atoms with Gasteiger partial charge in [0.1, 0.15) is 17.2 Å². The Morgan fingerprint density at radius 1 is 1.00 bits per heavy atom. The Bertz CT molecular complexity index is 1080. The number of aliphatic imine (C=N–C) groups is 1. The average molecular weight is 447 g/mol. The maximum atomic E-state index is 6.13. The fraction of sp³-hybridized carbons (Fsp3) is 0.320. The van der Waals surface area contributed by atoms with Crippen molar-refractivity contribution in [2.45, 2.75) is 32.9 Å². The number of benzene rings is 2. The summed E-state index contributed by atoms with van der Waals surface area (Å²) in [6.07, 6.45) is 3.81. The molecule has 2 heterocycles. The number of ether oxygens (including phenoxy) is 2. The van der Waals surface area contributed by atoms with Crippen molar-refractivity contribution in [3.63, 3.8) is 0 Å². The summed E-state index contributed by atoms with van der Waals surface area (Å²) >= 11 is 0. The van der Waals surface area contributed by atoms with Crippen molar-refractivity contribution < 1.29 is 9.47 Å². The molecular formula is C25H30N6O2. The molecular weight excluding hydrogens is 416 g/mol. The smallest absolute Gasteiger partial charge is 0.320 e. The highest BCUT2D eigenvalue weighted by molar-refractivity contribution is 5.84. The van der Waals surface area contributed by atoms with Crippen LogP contribution in [0.4, 0.5) is 17.3 Å². The lowest BCUT2D eigenvalue weighted by molar-refractivity contribution is 0.286. The van der Waals surface area contributed by atoms with Gasteiger partial charge in [0, 0.05) is 19.3 Å². The van der Waals surface area contributed by atoms with E-state index in [9.17, 15) is 0 Å². The molecule has 0 radical (unpaired) electrons. The van der Waals surface area contributed by atoms with Crippen LogP contribution in [0.3, 0.4) is 0 Å². The first kappa shape index (κ1) is 22.5. The number of hydrogen-bond donors (Lipinski definition) is 2. The number of aromatic nitrogens is 2. The molecule has 3 N–H and O–H groups in total. The zero-order valence-electron chi connectivity index (χ0n) is 19.1. The molecule has 2 aromatic carbocycles. The second-order valence-corrected chi connectivity index (χ2v) is 7.88. The lowest BCUT2D eigenvalue weighted by Gasteiger charge is -2.27. The first-order valence-corrected chi connectivity index (χ1v) is 11.2. The molecule has 1 aliphatic rings. The van der Waals surface area contributed by atoms with E-state index in [1.54, 1.807) is 0 Å². The molecule has 0 spiro atoms. The predicted octanol–water partition coefficient (Wildman–Crippen LogP) is 4.47. The third-order valence-corrected chi connectivity index (χ3v) is 5.26. The molecule has 0 unspecified atom stereocenters. The monoisotopic (exact) mass is 446 g/mol. The SMILES string of the molecule is CCCCOc1nc(N)c2c(n1)N(Cc1ccc(Oc3ccc(CNC)cc3)cc1)CC=N2. The molecule has 0 saturated carbocycles. The highest BCUT2D eigenvalue weighted by Gasteiger charge is 2.21. The number of nitrogen functional groups attached to an aromatic ring is 1. The summed E-state index contributed by atoms with van der Waals surface area (Å²) in [5.74, 6) is 2.63. The van der Waals surface area contributed by atoms with Crippen LogP contribution in [0, 0.1) is 0 Å². The number of nitrogens with zero attached hydrogens (tertiary/aromatic N) is 4. The van der Waals surface area contributed by atoms with E-state index in [1.807, 2.05) is 37.5 Å². The van der Waals surface area contributed by atoms with Crippen LogP contribution in [0.5, 0.6) is 17.5 Å². The van der Waals surface area contributed by atoms with E-state index in [-0.39, 0.29) is 0 Å². The normalized spacial score (nSPS) is 12.5. The summed E-state index contributed by atoms with van der Waals surface area (Å²) in [5, 5.41) is 3.14. The number of nitrogens with one attached hydrogen (secondary N) is 1. The van der Waals surface area contributed by atoms with Gasteiger partial charge in [-0.3, -0.25) is 4.99 Å². The van der Waals surface area contributed by atoms with Gasteiger partial charge in [-0.2, -0.15) is 9.97 Å². The van der Waals surface area contributed by atoms with Gasteiger partial charge in [0.25, 0.3) is 0 Å². The third-order valence-electron chi connectivity index (χ3n) is 5.26. The molecule has 0 saturated heterocycles. The van der Waals surface area contributed by atoms with Crippen LogP contribution in [-0.2, 0) is 13.1 Å². The Balaban J connectivity index is 1.43. The second kappa shape index (κ2) is 10.8. The van der Waals surface area contributed by atoms with Crippen molar-refractivity contribution >= 4 is 23.5 Å². The summed E-state index contributed by atoms with van der Waals surface area (Å²) < 4.78 is 11.7. The summed E-state index contributed by atoms with van der Waals surface area (Å²) in [5.41, 5.74) is 9.06. The molecule has 3 aromatic rings. The van der Waals surface area contributed by atoms with Gasteiger partial charge in [-0.15, -0.1) is 0 Å². The van der Waals surface area contributed by atoms with Gasteiger partial charge in [0.2, 0.25) is 0 Å². The minimum atomic E-state index is 0.297. The predicted molar refractivity (Wildman–Crippen MR) is 132 cm³/mol. The van der Waals surface area contributed by atoms with Crippen molar-refractivity contribution in [3.05, 3.63) is 59.7 Å². The Morgan fingerprint density at radius 3 is 2.36 bits per heavy atom. The maximum absolute atomic E-state index is 6.13. The third kappa shape index (κ3) is 5.78. The average Bonchev–Trinajstić information content (AvgIpc) is 2.82. The van der Waals surface area contributed by atoms with Gasteiger partial charge < -0.3 is 25.4 Å². The van der Waals surface area contributed by atoms with Crippen molar-refractivity contribution in [1.29, 1.82) is 0 Å². The maximum Gasteiger partial charge on any atom is 0.320 e. The highest BCUT2D eigenvalue weighted by Crippen LogP contribution is 2.36. The summed E-state index contributed by atoms with van der Waals surface area (Å²) in [4.78, 5) is 15.4. The van der Waals surface area contributed by atoms with E-state index in [2.05, 4.69) is 56.4 Å². The number of hydrogen-bond acceptors (Lipinski definition) is 8. The molecule has 0 aliphatic carbocycles. The Labute approximate surface area is 194 Å². The summed E-state index contributed by atoms with van der Waals surface area (Å²) in [6, 6.07) is 16.4. The van der Waals surface area contributed by atoms with Crippen LogP contribution < -0.4 is 25.4 Å². The van der Waals surface area contributed by atoms with Crippen molar-refractivity contribution in [2.24, 2.45) is 4.99 Å². The van der Waals surface area contributed by atoms with E-state index in [4.69, 9.17) is 15.2 Å². The van der Waals surface area contributed by atoms with Gasteiger partial charge in [0.05, 0.1) is 13.2 Å². The van der Waals surface area contributed by atoms with E-state index in [1.165, 1.54) is 5.56 Å². The molecule has 172 valence electrons. The molecule has 0 bridgehead atoms. The van der Waals surface area contributed by atoms with Gasteiger partial charge in [-0.05, 0) is 48.9 Å². The van der Waals surface area contributed by atoms with E-state index in [0.717, 1.165) is 36.4 Å². The van der Waals surface area contributed by atoms with E-state index in [0.29, 0.717) is 43.0 Å². The van der Waals surface area contributed by atoms with E-state index >= 15 is 0 Å².